The minimum atomic E-state index is -4.36. The predicted molar refractivity (Wildman–Crippen MR) is 217 cm³/mol. The molecule has 2 atom stereocenters. The largest absolute Gasteiger partial charge is 0.486 e. The van der Waals surface area contributed by atoms with Crippen molar-refractivity contribution < 1.29 is 45.1 Å². The summed E-state index contributed by atoms with van der Waals surface area (Å²) in [6, 6.07) is 19.0. The van der Waals surface area contributed by atoms with E-state index in [0.717, 1.165) is 48.1 Å². The van der Waals surface area contributed by atoms with E-state index in [-0.39, 0.29) is 46.3 Å². The highest BCUT2D eigenvalue weighted by Gasteiger charge is 2.29. The number of nitrogens with one attached hydrogen (secondary N) is 1. The second-order valence-electron chi connectivity index (χ2n) is 14.6. The van der Waals surface area contributed by atoms with Crippen LogP contribution in [0, 0.1) is 12.7 Å². The lowest BCUT2D eigenvalue weighted by atomic mass is 9.98. The molecule has 0 radical (unpaired) electrons. The molecule has 0 saturated carbocycles. The molecule has 0 amide bonds. The van der Waals surface area contributed by atoms with Crippen molar-refractivity contribution in [2.75, 3.05) is 32.8 Å². The number of aromatic nitrogens is 1. The van der Waals surface area contributed by atoms with Gasteiger partial charge in [0, 0.05) is 60.9 Å². The molecule has 0 aliphatic carbocycles. The lowest BCUT2D eigenvalue weighted by Crippen LogP contribution is -2.42. The number of aromatic amines is 1. The Morgan fingerprint density at radius 3 is 2.27 bits per heavy atom. The second kappa shape index (κ2) is 15.4. The summed E-state index contributed by atoms with van der Waals surface area (Å²) in [5, 5.41) is 1.78. The van der Waals surface area contributed by atoms with Gasteiger partial charge >= 0.3 is 0 Å². The molecule has 13 nitrogen and oxygen atoms in total. The quantitative estimate of drug-likeness (QED) is 0.164. The van der Waals surface area contributed by atoms with Crippen molar-refractivity contribution in [3.63, 3.8) is 0 Å². The fourth-order valence-electron chi connectivity index (χ4n) is 7.77. The van der Waals surface area contributed by atoms with E-state index in [1.165, 1.54) is 42.4 Å². The van der Waals surface area contributed by atoms with Crippen molar-refractivity contribution in [1.29, 1.82) is 0 Å². The lowest BCUT2D eigenvalue weighted by molar-refractivity contribution is 0.0620. The van der Waals surface area contributed by atoms with Gasteiger partial charge in [0.1, 0.15) is 31.2 Å². The number of aryl methyl sites for hydroxylation is 1. The van der Waals surface area contributed by atoms with Gasteiger partial charge in [-0.25, -0.2) is 4.39 Å². The number of ether oxygens (including phenoxy) is 4. The van der Waals surface area contributed by atoms with Crippen LogP contribution >= 0.6 is 0 Å². The maximum atomic E-state index is 13.7. The molecule has 4 aromatic carbocycles. The van der Waals surface area contributed by atoms with E-state index in [1.54, 1.807) is 48.5 Å². The Morgan fingerprint density at radius 2 is 1.54 bits per heavy atom. The highest BCUT2D eigenvalue weighted by molar-refractivity contribution is 7.85. The number of fused-ring (bicyclic) bond motifs is 7. The topological polar surface area (TPSA) is 171 Å². The van der Waals surface area contributed by atoms with Gasteiger partial charge < -0.3 is 32.8 Å². The third-order valence-electron chi connectivity index (χ3n) is 10.6. The van der Waals surface area contributed by atoms with E-state index in [1.807, 2.05) is 13.1 Å². The Morgan fingerprint density at radius 1 is 0.814 bits per heavy atom. The van der Waals surface area contributed by atoms with Gasteiger partial charge in [0.25, 0.3) is 10.1 Å². The van der Waals surface area contributed by atoms with E-state index >= 15 is 0 Å². The molecule has 3 aliphatic rings. The van der Waals surface area contributed by atoms with Gasteiger partial charge in [0.2, 0.25) is 11.5 Å². The molecule has 2 N–H and O–H groups in total. The van der Waals surface area contributed by atoms with E-state index in [2.05, 4.69) is 16.0 Å². The summed E-state index contributed by atoms with van der Waals surface area (Å²) in [4.78, 5) is 29.4. The highest BCUT2D eigenvalue weighted by atomic mass is 32.2. The number of hydrogen-bond donors (Lipinski definition) is 2. The first-order chi connectivity index (χ1) is 28.5. The van der Waals surface area contributed by atoms with Crippen LogP contribution in [0.1, 0.15) is 23.1 Å². The second-order valence-corrected chi connectivity index (χ2v) is 16.0. The summed E-state index contributed by atoms with van der Waals surface area (Å²) in [7, 11) is -4.36. The van der Waals surface area contributed by atoms with Crippen LogP contribution in [0.2, 0.25) is 0 Å². The molecule has 302 valence electrons. The van der Waals surface area contributed by atoms with E-state index < -0.39 is 16.2 Å². The maximum Gasteiger partial charge on any atom is 0.294 e. The number of benzene rings is 4. The van der Waals surface area contributed by atoms with Crippen LogP contribution in [-0.4, -0.2) is 67.9 Å². The molecule has 1 unspecified atom stereocenters. The summed E-state index contributed by atoms with van der Waals surface area (Å²) in [5.74, 6) is 1.62. The van der Waals surface area contributed by atoms with Gasteiger partial charge in [-0.3, -0.25) is 19.0 Å². The van der Waals surface area contributed by atoms with Crippen LogP contribution in [0.5, 0.6) is 23.0 Å². The smallest absolute Gasteiger partial charge is 0.294 e. The monoisotopic (exact) mass is 820 g/mol. The maximum absolute atomic E-state index is 13.7. The van der Waals surface area contributed by atoms with E-state index in [9.17, 15) is 27.0 Å². The number of halogens is 1. The summed E-state index contributed by atoms with van der Waals surface area (Å²) in [5.41, 5.74) is 4.93. The van der Waals surface area contributed by atoms with Crippen LogP contribution in [0.15, 0.2) is 121 Å². The zero-order valence-corrected chi connectivity index (χ0v) is 32.4. The number of rotatable bonds is 6. The van der Waals surface area contributed by atoms with E-state index in [4.69, 9.17) is 27.8 Å². The third kappa shape index (κ3) is 7.67. The summed E-state index contributed by atoms with van der Waals surface area (Å²) >= 11 is 0. The molecule has 7 aromatic rings. The van der Waals surface area contributed by atoms with Crippen molar-refractivity contribution in [2.24, 2.45) is 0 Å². The van der Waals surface area contributed by atoms with Crippen molar-refractivity contribution in [3.05, 3.63) is 141 Å². The molecule has 0 spiro atoms. The Hall–Kier alpha value is -6.42. The normalized spacial score (nSPS) is 17.7. The Bertz CT molecular complexity index is 3030. The summed E-state index contributed by atoms with van der Waals surface area (Å²) < 4.78 is 81.2. The molecule has 59 heavy (non-hydrogen) atoms. The molecular formula is C44H37FN2O11S. The average molecular weight is 821 g/mol. The molecule has 3 aliphatic heterocycles. The Kier molecular flexibility index (Phi) is 9.95. The van der Waals surface area contributed by atoms with Gasteiger partial charge in [0.05, 0.1) is 28.2 Å². The van der Waals surface area contributed by atoms with Gasteiger partial charge in [-0.1, -0.05) is 23.8 Å². The van der Waals surface area contributed by atoms with Crippen molar-refractivity contribution in [2.45, 2.75) is 36.9 Å². The van der Waals surface area contributed by atoms with Crippen LogP contribution in [0.25, 0.3) is 38.4 Å². The minimum Gasteiger partial charge on any atom is -0.486 e. The molecule has 10 rings (SSSR count). The van der Waals surface area contributed by atoms with Crippen molar-refractivity contribution in [1.82, 2.24) is 9.88 Å². The van der Waals surface area contributed by atoms with E-state index in [0.29, 0.717) is 51.5 Å². The Labute approximate surface area is 335 Å². The number of hydrogen-bond acceptors (Lipinski definition) is 11. The first-order valence-corrected chi connectivity index (χ1v) is 20.4. The number of H-pyrrole nitrogens is 1. The van der Waals surface area contributed by atoms with Crippen LogP contribution in [0.4, 0.5) is 4.39 Å². The van der Waals surface area contributed by atoms with Crippen LogP contribution in [-0.2, 0) is 16.5 Å². The molecular weight excluding hydrogens is 784 g/mol. The SMILES string of the molecule is Cc1ccc(S(=O)(=O)O)c(C[C@@H]2COc3ccc4c(=O)ccoc4c3O2)c1.O=c1ccoc2c3c(ccc12)OC(CN1CC=C(c2c[nH]c4ccc(F)cc24)CC1)CO3. The molecule has 0 fully saturated rings. The fourth-order valence-corrected chi connectivity index (χ4v) is 8.48. The molecule has 6 heterocycles. The summed E-state index contributed by atoms with van der Waals surface area (Å²) in [6.45, 7) is 4.80. The number of nitrogens with zero attached hydrogens (tertiary/aromatic N) is 1. The van der Waals surface area contributed by atoms with Crippen molar-refractivity contribution in [3.8, 4) is 23.0 Å². The first-order valence-electron chi connectivity index (χ1n) is 18.9. The van der Waals surface area contributed by atoms with Gasteiger partial charge in [0.15, 0.2) is 33.5 Å². The predicted octanol–water partition coefficient (Wildman–Crippen LogP) is 7.07. The Balaban J connectivity index is 0.000000155. The van der Waals surface area contributed by atoms with Crippen LogP contribution in [0.3, 0.4) is 0 Å². The molecule has 0 saturated heterocycles. The van der Waals surface area contributed by atoms with Gasteiger partial charge in [-0.15, -0.1) is 0 Å². The average Bonchev–Trinajstić information content (AvgIpc) is 3.64. The molecule has 0 bridgehead atoms. The third-order valence-corrected chi connectivity index (χ3v) is 11.6. The zero-order valence-electron chi connectivity index (χ0n) is 31.6. The van der Waals surface area contributed by atoms with Crippen LogP contribution < -0.4 is 29.8 Å². The summed E-state index contributed by atoms with van der Waals surface area (Å²) in [6.07, 6.45) is 7.27. The highest BCUT2D eigenvalue weighted by Crippen LogP contribution is 2.40. The molecule has 15 heteroatoms. The standard InChI is InChI=1S/C25H21FN2O4.C19H16O7S/c26-16-1-3-21-19(11-16)20(12-27-21)15-5-8-28(9-6-15)13-17-14-31-25-23(32-17)4-2-18-22(29)7-10-30-24(18)25;1-11-2-5-17(27(21,22)23)12(8-11)9-13-10-25-16-4-3-14-15(20)6-7-24-18(14)19(16)26-13/h1-5,7,10-12,17,27H,6,8-9,13-14H2;2-8,13H,9-10H2,1H3,(H,21,22,23)/t;13-/m.1/s1. The minimum absolute atomic E-state index is 0.103. The first kappa shape index (κ1) is 38.1. The lowest BCUT2D eigenvalue weighted by Gasteiger charge is -2.32. The molecule has 3 aromatic heterocycles. The van der Waals surface area contributed by atoms with Gasteiger partial charge in [-0.2, -0.15) is 8.42 Å². The van der Waals surface area contributed by atoms with Gasteiger partial charge in [-0.05, 0) is 73.0 Å². The fraction of sp³-hybridized carbons (Fsp3) is 0.227. The zero-order chi connectivity index (χ0) is 40.8. The van der Waals surface area contributed by atoms with Crippen molar-refractivity contribution >= 4 is 48.5 Å².